The summed E-state index contributed by atoms with van der Waals surface area (Å²) in [7, 11) is 0. The number of carbonyl (C=O) groups excluding carboxylic acids is 1. The van der Waals surface area contributed by atoms with Crippen LogP contribution in [0.4, 0.5) is 5.82 Å². The topological polar surface area (TPSA) is 93.8 Å². The van der Waals surface area contributed by atoms with Gasteiger partial charge in [0.25, 0.3) is 5.91 Å². The Morgan fingerprint density at radius 1 is 1.37 bits per heavy atom. The van der Waals surface area contributed by atoms with Gasteiger partial charge in [0.1, 0.15) is 12.1 Å². The fraction of sp³-hybridized carbons (Fsp3) is 0.231. The van der Waals surface area contributed by atoms with E-state index in [0.29, 0.717) is 17.9 Å². The van der Waals surface area contributed by atoms with E-state index < -0.39 is 0 Å². The Bertz CT molecular complexity index is 571. The van der Waals surface area contributed by atoms with Gasteiger partial charge in [0.15, 0.2) is 0 Å². The second kappa shape index (κ2) is 5.90. The third-order valence-electron chi connectivity index (χ3n) is 2.60. The first-order valence-electron chi connectivity index (χ1n) is 5.98. The summed E-state index contributed by atoms with van der Waals surface area (Å²) in [5, 5.41) is 2.78. The third kappa shape index (κ3) is 3.48. The molecule has 6 heteroatoms. The van der Waals surface area contributed by atoms with E-state index >= 15 is 0 Å². The number of carbonyl (C=O) groups is 1. The summed E-state index contributed by atoms with van der Waals surface area (Å²) in [6.45, 7) is 2.31. The number of amides is 1. The second-order valence-corrected chi connectivity index (χ2v) is 4.01. The molecule has 0 aliphatic heterocycles. The molecule has 0 bridgehead atoms. The second-order valence-electron chi connectivity index (χ2n) is 4.01. The highest BCUT2D eigenvalue weighted by atomic mass is 16.1. The van der Waals surface area contributed by atoms with Gasteiger partial charge in [0.2, 0.25) is 0 Å². The summed E-state index contributed by atoms with van der Waals surface area (Å²) in [6.07, 6.45) is 3.81. The van der Waals surface area contributed by atoms with Crippen molar-refractivity contribution in [3.63, 3.8) is 0 Å². The normalized spacial score (nSPS) is 10.2. The van der Waals surface area contributed by atoms with Gasteiger partial charge in [-0.1, -0.05) is 6.92 Å². The Balaban J connectivity index is 2.06. The number of nitrogens with one attached hydrogen (secondary N) is 1. The van der Waals surface area contributed by atoms with E-state index in [1.54, 1.807) is 24.4 Å². The van der Waals surface area contributed by atoms with E-state index in [-0.39, 0.29) is 5.91 Å². The minimum Gasteiger partial charge on any atom is -0.384 e. The van der Waals surface area contributed by atoms with Crippen LogP contribution in [0.15, 0.2) is 30.7 Å². The molecule has 0 saturated carbocycles. The Hall–Kier alpha value is -2.50. The summed E-state index contributed by atoms with van der Waals surface area (Å²) in [5.41, 5.74) is 7.73. The Kier molecular flexibility index (Phi) is 4.02. The Labute approximate surface area is 111 Å². The number of anilines is 1. The largest absolute Gasteiger partial charge is 0.384 e. The highest BCUT2D eigenvalue weighted by Gasteiger charge is 2.08. The molecule has 2 aromatic heterocycles. The molecule has 0 aromatic carbocycles. The molecule has 0 spiro atoms. The number of aryl methyl sites for hydroxylation is 1. The Morgan fingerprint density at radius 3 is 2.89 bits per heavy atom. The summed E-state index contributed by atoms with van der Waals surface area (Å²) < 4.78 is 0. The molecule has 2 heterocycles. The van der Waals surface area contributed by atoms with Gasteiger partial charge in [0, 0.05) is 17.5 Å². The number of pyridine rings is 1. The number of hydrogen-bond acceptors (Lipinski definition) is 5. The molecule has 19 heavy (non-hydrogen) atoms. The minimum atomic E-state index is -0.192. The molecule has 0 aliphatic carbocycles. The van der Waals surface area contributed by atoms with E-state index in [9.17, 15) is 4.79 Å². The lowest BCUT2D eigenvalue weighted by molar-refractivity contribution is 0.0950. The van der Waals surface area contributed by atoms with E-state index in [1.807, 2.05) is 6.92 Å². The SMILES string of the molecule is CCc1cc(C(=O)NCc2ccncn2)cc(N)n1. The van der Waals surface area contributed by atoms with Gasteiger partial charge in [-0.25, -0.2) is 15.0 Å². The van der Waals surface area contributed by atoms with Crippen LogP contribution >= 0.6 is 0 Å². The fourth-order valence-corrected chi connectivity index (χ4v) is 1.62. The van der Waals surface area contributed by atoms with Crippen LogP contribution in [0.2, 0.25) is 0 Å². The van der Waals surface area contributed by atoms with E-state index in [2.05, 4.69) is 20.3 Å². The zero-order chi connectivity index (χ0) is 13.7. The number of nitrogens with two attached hydrogens (primary N) is 1. The van der Waals surface area contributed by atoms with Gasteiger partial charge in [0.05, 0.1) is 12.2 Å². The van der Waals surface area contributed by atoms with E-state index in [0.717, 1.165) is 17.8 Å². The molecule has 0 fully saturated rings. The lowest BCUT2D eigenvalue weighted by Crippen LogP contribution is -2.23. The summed E-state index contributed by atoms with van der Waals surface area (Å²) in [4.78, 5) is 24.0. The Morgan fingerprint density at radius 2 is 2.21 bits per heavy atom. The van der Waals surface area contributed by atoms with Crippen molar-refractivity contribution in [1.29, 1.82) is 0 Å². The zero-order valence-corrected chi connectivity index (χ0v) is 10.6. The molecule has 0 saturated heterocycles. The summed E-state index contributed by atoms with van der Waals surface area (Å²) in [5.74, 6) is 0.161. The molecule has 1 amide bonds. The van der Waals surface area contributed by atoms with Crippen LogP contribution in [-0.4, -0.2) is 20.9 Å². The predicted molar refractivity (Wildman–Crippen MR) is 71.2 cm³/mol. The monoisotopic (exact) mass is 257 g/mol. The molecule has 98 valence electrons. The summed E-state index contributed by atoms with van der Waals surface area (Å²) >= 11 is 0. The van der Waals surface area contributed by atoms with Crippen LogP contribution in [-0.2, 0) is 13.0 Å². The third-order valence-corrected chi connectivity index (χ3v) is 2.60. The van der Waals surface area contributed by atoms with E-state index in [4.69, 9.17) is 5.73 Å². The standard InChI is InChI=1S/C13H15N5O/c1-2-10-5-9(6-12(14)18-10)13(19)16-7-11-3-4-15-8-17-11/h3-6,8H,2,7H2,1H3,(H2,14,18)(H,16,19). The van der Waals surface area contributed by atoms with Crippen molar-refractivity contribution in [3.8, 4) is 0 Å². The van der Waals surface area contributed by atoms with Crippen molar-refractivity contribution < 1.29 is 4.79 Å². The number of nitrogens with zero attached hydrogens (tertiary/aromatic N) is 3. The number of rotatable bonds is 4. The maximum atomic E-state index is 12.0. The number of nitrogen functional groups attached to an aromatic ring is 1. The smallest absolute Gasteiger partial charge is 0.251 e. The van der Waals surface area contributed by atoms with E-state index in [1.165, 1.54) is 6.33 Å². The van der Waals surface area contributed by atoms with Crippen LogP contribution in [0.3, 0.4) is 0 Å². The lowest BCUT2D eigenvalue weighted by atomic mass is 10.2. The van der Waals surface area contributed by atoms with Gasteiger partial charge in [-0.05, 0) is 24.6 Å². The van der Waals surface area contributed by atoms with Crippen molar-refractivity contribution in [2.45, 2.75) is 19.9 Å². The molecular formula is C13H15N5O. The van der Waals surface area contributed by atoms with Crippen LogP contribution in [0, 0.1) is 0 Å². The van der Waals surface area contributed by atoms with Crippen molar-refractivity contribution in [1.82, 2.24) is 20.3 Å². The van der Waals surface area contributed by atoms with Gasteiger partial charge in [-0.2, -0.15) is 0 Å². The van der Waals surface area contributed by atoms with Crippen LogP contribution in [0.25, 0.3) is 0 Å². The average Bonchev–Trinajstić information content (AvgIpc) is 2.45. The maximum Gasteiger partial charge on any atom is 0.251 e. The first-order chi connectivity index (χ1) is 9.19. The van der Waals surface area contributed by atoms with Crippen molar-refractivity contribution >= 4 is 11.7 Å². The zero-order valence-electron chi connectivity index (χ0n) is 10.6. The van der Waals surface area contributed by atoms with Crippen LogP contribution in [0.1, 0.15) is 28.7 Å². The van der Waals surface area contributed by atoms with Crippen molar-refractivity contribution in [3.05, 3.63) is 47.7 Å². The molecule has 0 aliphatic rings. The number of aromatic nitrogens is 3. The molecule has 0 radical (unpaired) electrons. The van der Waals surface area contributed by atoms with Gasteiger partial charge in [-0.3, -0.25) is 4.79 Å². The van der Waals surface area contributed by atoms with Gasteiger partial charge in [-0.15, -0.1) is 0 Å². The molecule has 0 unspecified atom stereocenters. The number of hydrogen-bond donors (Lipinski definition) is 2. The molecule has 0 atom stereocenters. The van der Waals surface area contributed by atoms with Crippen LogP contribution < -0.4 is 11.1 Å². The first kappa shape index (κ1) is 12.9. The highest BCUT2D eigenvalue weighted by molar-refractivity contribution is 5.94. The summed E-state index contributed by atoms with van der Waals surface area (Å²) in [6, 6.07) is 5.05. The van der Waals surface area contributed by atoms with Crippen molar-refractivity contribution in [2.75, 3.05) is 5.73 Å². The highest BCUT2D eigenvalue weighted by Crippen LogP contribution is 2.08. The lowest BCUT2D eigenvalue weighted by Gasteiger charge is -2.06. The predicted octanol–water partition coefficient (Wildman–Crippen LogP) is 0.946. The first-order valence-corrected chi connectivity index (χ1v) is 5.98. The average molecular weight is 257 g/mol. The van der Waals surface area contributed by atoms with Crippen LogP contribution in [0.5, 0.6) is 0 Å². The molecule has 2 aromatic rings. The minimum absolute atomic E-state index is 0.192. The van der Waals surface area contributed by atoms with Gasteiger partial charge < -0.3 is 11.1 Å². The molecule has 6 nitrogen and oxygen atoms in total. The van der Waals surface area contributed by atoms with Gasteiger partial charge >= 0.3 is 0 Å². The van der Waals surface area contributed by atoms with Crippen molar-refractivity contribution in [2.24, 2.45) is 0 Å². The fourth-order valence-electron chi connectivity index (χ4n) is 1.62. The maximum absolute atomic E-state index is 12.0. The molecule has 2 rings (SSSR count). The molecule has 3 N–H and O–H groups in total. The molecular weight excluding hydrogens is 242 g/mol. The quantitative estimate of drug-likeness (QED) is 0.850.